The molecule has 4 rings (SSSR count). The molecule has 0 amide bonds. The van der Waals surface area contributed by atoms with Crippen molar-refractivity contribution in [3.8, 4) is 23.7 Å². The number of halogens is 6. The van der Waals surface area contributed by atoms with Gasteiger partial charge in [0.1, 0.15) is 0 Å². The smallest absolute Gasteiger partial charge is 0.166 e. The van der Waals surface area contributed by atoms with Crippen LogP contribution in [0.5, 0.6) is 0 Å². The van der Waals surface area contributed by atoms with Crippen molar-refractivity contribution >= 4 is 11.8 Å². The maximum absolute atomic E-state index is 14.0. The highest BCUT2D eigenvalue weighted by Gasteiger charge is 2.36. The number of alkyl halides is 6. The molecule has 2 aliphatic rings. The maximum atomic E-state index is 14.0. The summed E-state index contributed by atoms with van der Waals surface area (Å²) in [7, 11) is 0. The van der Waals surface area contributed by atoms with Crippen LogP contribution in [0.2, 0.25) is 0 Å². The van der Waals surface area contributed by atoms with Gasteiger partial charge >= 0.3 is 12.4 Å². The second kappa shape index (κ2) is 11.5. The largest absolute Gasteiger partial charge is 0.416 e. The van der Waals surface area contributed by atoms with Gasteiger partial charge in [0.15, 0.2) is 0 Å². The number of rotatable bonds is 4. The zero-order chi connectivity index (χ0) is 28.5. The molecule has 2 saturated carbocycles. The fraction of sp³-hybridized carbons (Fsp3) is 0.500. The van der Waals surface area contributed by atoms with Gasteiger partial charge in [-0.1, -0.05) is 76.0 Å². The van der Waals surface area contributed by atoms with E-state index in [0.29, 0.717) is 9.79 Å². The Kier molecular flexibility index (Phi) is 8.72. The molecule has 0 N–H and O–H groups in total. The molecule has 2 aromatic rings. The Morgan fingerprint density at radius 3 is 1.26 bits per heavy atom. The first-order valence-electron chi connectivity index (χ1n) is 13.4. The predicted octanol–water partition coefficient (Wildman–Crippen LogP) is 10.4. The molecule has 7 heteroatoms. The number of hydrogen-bond donors (Lipinski definition) is 0. The Labute approximate surface area is 231 Å². The maximum Gasteiger partial charge on any atom is 0.416 e. The van der Waals surface area contributed by atoms with Gasteiger partial charge in [0.05, 0.1) is 11.1 Å². The molecule has 2 aromatic carbocycles. The Bertz CT molecular complexity index is 1230. The van der Waals surface area contributed by atoms with Crippen molar-refractivity contribution in [2.24, 2.45) is 11.8 Å². The summed E-state index contributed by atoms with van der Waals surface area (Å²) in [5, 5.41) is 0. The van der Waals surface area contributed by atoms with E-state index in [-0.39, 0.29) is 34.1 Å². The minimum absolute atomic E-state index is 0.136. The van der Waals surface area contributed by atoms with Crippen molar-refractivity contribution in [3.05, 3.63) is 57.6 Å². The van der Waals surface area contributed by atoms with E-state index in [1.807, 2.05) is 0 Å². The highest BCUT2D eigenvalue weighted by Crippen LogP contribution is 2.44. The van der Waals surface area contributed by atoms with Crippen LogP contribution in [0.25, 0.3) is 0 Å². The molecule has 0 radical (unpaired) electrons. The Balaban J connectivity index is 1.90. The summed E-state index contributed by atoms with van der Waals surface area (Å²) in [5.41, 5.74) is -0.685. The molecule has 0 spiro atoms. The molecule has 0 aliphatic heterocycles. The average Bonchev–Trinajstić information content (AvgIpc) is 2.76. The Morgan fingerprint density at radius 2 is 1.00 bits per heavy atom. The zero-order valence-corrected chi connectivity index (χ0v) is 23.4. The Morgan fingerprint density at radius 1 is 0.641 bits per heavy atom. The summed E-state index contributed by atoms with van der Waals surface area (Å²) in [6.45, 7) is 6.79. The quantitative estimate of drug-likeness (QED) is 0.264. The van der Waals surface area contributed by atoms with E-state index < -0.39 is 35.3 Å². The van der Waals surface area contributed by atoms with Crippen LogP contribution in [0.4, 0.5) is 26.3 Å². The zero-order valence-electron chi connectivity index (χ0n) is 22.5. The lowest BCUT2D eigenvalue weighted by atomic mass is 9.86. The highest BCUT2D eigenvalue weighted by molar-refractivity contribution is 7.99. The van der Waals surface area contributed by atoms with Crippen molar-refractivity contribution in [2.75, 3.05) is 0 Å². The normalized spacial score (nSPS) is 16.3. The summed E-state index contributed by atoms with van der Waals surface area (Å²) in [6, 6.07) is 5.24. The lowest BCUT2D eigenvalue weighted by Gasteiger charge is -2.22. The van der Waals surface area contributed by atoms with Crippen LogP contribution in [-0.4, -0.2) is 0 Å². The highest BCUT2D eigenvalue weighted by atomic mass is 32.2. The van der Waals surface area contributed by atoms with Crippen molar-refractivity contribution in [3.63, 3.8) is 0 Å². The van der Waals surface area contributed by atoms with E-state index in [2.05, 4.69) is 23.7 Å². The van der Waals surface area contributed by atoms with E-state index in [1.165, 1.54) is 12.1 Å². The molecule has 0 saturated heterocycles. The fourth-order valence-electron chi connectivity index (χ4n) is 4.58. The van der Waals surface area contributed by atoms with Crippen LogP contribution in [0, 0.1) is 35.5 Å². The molecule has 0 nitrogen and oxygen atoms in total. The lowest BCUT2D eigenvalue weighted by Crippen LogP contribution is -2.12. The standard InChI is InChI=1S/C32H32F6S/c1-19(2)25-17-29(23(13-11-21-7-5-8-21)15-27(25)31(33,34)35)39-30-18-26(20(3)4)28(32(36,37)38)16-24(30)14-12-22-9-6-10-22/h15-22H,5-10H2,1-4H3. The van der Waals surface area contributed by atoms with E-state index in [4.69, 9.17) is 0 Å². The van der Waals surface area contributed by atoms with Gasteiger partial charge in [-0.25, -0.2) is 0 Å². The lowest BCUT2D eigenvalue weighted by molar-refractivity contribution is -0.139. The van der Waals surface area contributed by atoms with Crippen LogP contribution >= 0.6 is 11.8 Å². The summed E-state index contributed by atoms with van der Waals surface area (Å²) < 4.78 is 84.1. The van der Waals surface area contributed by atoms with Gasteiger partial charge in [-0.2, -0.15) is 26.3 Å². The van der Waals surface area contributed by atoms with Crippen molar-refractivity contribution in [2.45, 2.75) is 100 Å². The fourth-order valence-corrected chi connectivity index (χ4v) is 5.63. The van der Waals surface area contributed by atoms with Gasteiger partial charge in [0.25, 0.3) is 0 Å². The molecule has 0 unspecified atom stereocenters. The van der Waals surface area contributed by atoms with Gasteiger partial charge in [0, 0.05) is 32.8 Å². The second-order valence-corrected chi connectivity index (χ2v) is 12.2. The third-order valence-corrected chi connectivity index (χ3v) is 8.53. The molecule has 0 atom stereocenters. The molecule has 0 heterocycles. The molecule has 2 fully saturated rings. The number of hydrogen-bond acceptors (Lipinski definition) is 1. The molecule has 208 valence electrons. The molecule has 0 bridgehead atoms. The summed E-state index contributed by atoms with van der Waals surface area (Å²) >= 11 is 1.16. The third-order valence-electron chi connectivity index (χ3n) is 7.41. The first kappa shape index (κ1) is 29.5. The van der Waals surface area contributed by atoms with Crippen LogP contribution in [-0.2, 0) is 12.4 Å². The third kappa shape index (κ3) is 6.98. The Hall–Kier alpha value is -2.51. The van der Waals surface area contributed by atoms with Crippen LogP contribution in [0.15, 0.2) is 34.1 Å². The summed E-state index contributed by atoms with van der Waals surface area (Å²) in [5.74, 6) is 11.7. The monoisotopic (exact) mass is 562 g/mol. The molecule has 39 heavy (non-hydrogen) atoms. The summed E-state index contributed by atoms with van der Waals surface area (Å²) in [6.07, 6.45) is -3.32. The second-order valence-electron chi connectivity index (χ2n) is 11.1. The van der Waals surface area contributed by atoms with Gasteiger partial charge < -0.3 is 0 Å². The molecule has 2 aliphatic carbocycles. The SMILES string of the molecule is CC(C)c1cc(Sc2cc(C(C)C)c(C(F)(F)F)cc2C#CC2CCC2)c(C#CC2CCC2)cc1C(F)(F)F. The van der Waals surface area contributed by atoms with Gasteiger partial charge in [-0.3, -0.25) is 0 Å². The van der Waals surface area contributed by atoms with Crippen LogP contribution in [0.1, 0.15) is 111 Å². The van der Waals surface area contributed by atoms with Gasteiger partial charge in [0.2, 0.25) is 0 Å². The van der Waals surface area contributed by atoms with Crippen LogP contribution in [0.3, 0.4) is 0 Å². The van der Waals surface area contributed by atoms with E-state index in [0.717, 1.165) is 62.4 Å². The topological polar surface area (TPSA) is 0 Å². The van der Waals surface area contributed by atoms with E-state index in [1.54, 1.807) is 27.7 Å². The van der Waals surface area contributed by atoms with Gasteiger partial charge in [-0.15, -0.1) is 0 Å². The van der Waals surface area contributed by atoms with E-state index >= 15 is 0 Å². The minimum atomic E-state index is -4.55. The van der Waals surface area contributed by atoms with Crippen molar-refractivity contribution in [1.29, 1.82) is 0 Å². The first-order chi connectivity index (χ1) is 18.2. The predicted molar refractivity (Wildman–Crippen MR) is 144 cm³/mol. The minimum Gasteiger partial charge on any atom is -0.166 e. The van der Waals surface area contributed by atoms with Crippen molar-refractivity contribution in [1.82, 2.24) is 0 Å². The van der Waals surface area contributed by atoms with Gasteiger partial charge in [-0.05, 0) is 72.9 Å². The first-order valence-corrected chi connectivity index (χ1v) is 14.3. The average molecular weight is 563 g/mol. The molecular weight excluding hydrogens is 530 g/mol. The molecule has 0 aromatic heterocycles. The van der Waals surface area contributed by atoms with E-state index in [9.17, 15) is 26.3 Å². The number of benzene rings is 2. The summed E-state index contributed by atoms with van der Waals surface area (Å²) in [4.78, 5) is 0.999. The van der Waals surface area contributed by atoms with Crippen LogP contribution < -0.4 is 0 Å². The molecular formula is C32H32F6S. The van der Waals surface area contributed by atoms with Crippen molar-refractivity contribution < 1.29 is 26.3 Å².